The molecular weight excluding hydrogens is 753 g/mol. The predicted molar refractivity (Wildman–Crippen MR) is 188 cm³/mol. The Morgan fingerprint density at radius 3 is 2.26 bits per heavy atom. The average molecular weight is 793 g/mol. The van der Waals surface area contributed by atoms with E-state index in [0.717, 1.165) is 22.2 Å². The number of furan rings is 1. The molecule has 3 nitrogen and oxygen atoms in total. The number of rotatable bonds is 5. The van der Waals surface area contributed by atoms with Gasteiger partial charge in [0.05, 0.1) is 5.58 Å². The first-order chi connectivity index (χ1) is 25.8. The van der Waals surface area contributed by atoms with Crippen molar-refractivity contribution < 1.29 is 35.5 Å². The molecule has 0 fully saturated rings. The monoisotopic (exact) mass is 793 g/mol. The van der Waals surface area contributed by atoms with E-state index in [1.165, 1.54) is 6.20 Å². The maximum absolute atomic E-state index is 9.03. The Bertz CT molecular complexity index is 2540. The van der Waals surface area contributed by atoms with E-state index in [1.807, 2.05) is 91.0 Å². The Balaban J connectivity index is 0.000000254. The molecule has 3 heterocycles. The number of pyridine rings is 2. The molecule has 5 aromatic carbocycles. The van der Waals surface area contributed by atoms with Crippen molar-refractivity contribution in [2.75, 3.05) is 0 Å². The van der Waals surface area contributed by atoms with E-state index < -0.39 is 20.1 Å². The molecule has 0 atom stereocenters. The van der Waals surface area contributed by atoms with Crippen LogP contribution in [0.25, 0.3) is 55.6 Å². The summed E-state index contributed by atoms with van der Waals surface area (Å²) in [5.74, 6) is 0. The van der Waals surface area contributed by atoms with Crippen LogP contribution in [0.15, 0.2) is 150 Å². The van der Waals surface area contributed by atoms with Crippen molar-refractivity contribution >= 4 is 21.9 Å². The average Bonchev–Trinajstić information content (AvgIpc) is 3.58. The third-order valence-electron chi connectivity index (χ3n) is 7.50. The molecule has 0 spiro atoms. The van der Waals surface area contributed by atoms with E-state index in [-0.39, 0.29) is 31.2 Å². The second-order valence-electron chi connectivity index (χ2n) is 10.6. The summed E-state index contributed by atoms with van der Waals surface area (Å²) in [6, 6.07) is 45.9. The van der Waals surface area contributed by atoms with Crippen LogP contribution < -0.4 is 0 Å². The van der Waals surface area contributed by atoms with Crippen molar-refractivity contribution in [1.29, 1.82) is 0 Å². The van der Waals surface area contributed by atoms with Crippen molar-refractivity contribution in [3.63, 3.8) is 0 Å². The zero-order chi connectivity index (χ0) is 38.1. The van der Waals surface area contributed by atoms with Gasteiger partial charge in [-0.05, 0) is 54.2 Å². The number of aromatic nitrogens is 2. The Morgan fingerprint density at radius 1 is 0.745 bits per heavy atom. The fourth-order valence-corrected chi connectivity index (χ4v) is 5.28. The molecule has 8 rings (SSSR count). The molecular formula is C43H32IrN2O-2. The summed E-state index contributed by atoms with van der Waals surface area (Å²) in [4.78, 5) is 8.76. The van der Waals surface area contributed by atoms with Gasteiger partial charge in [-0.25, -0.2) is 0 Å². The fourth-order valence-electron chi connectivity index (χ4n) is 5.28. The van der Waals surface area contributed by atoms with Gasteiger partial charge < -0.3 is 14.4 Å². The Morgan fingerprint density at radius 2 is 1.51 bits per heavy atom. The SMILES string of the molecule is [2H]C([2H])([2H])c1cc(-c2[c-]cc(C([2H])([2H])c3ccccc3)c3c2oc2ccccc23)ncc1-c1ccccc1.[2H]C([2H])([2H])c1ccc(-c2[c-]cccc2)nc1.[Ir]. The summed E-state index contributed by atoms with van der Waals surface area (Å²) >= 11 is 0. The second-order valence-corrected chi connectivity index (χ2v) is 10.6. The number of aryl methyl sites for hydroxylation is 2. The molecule has 0 aliphatic rings. The zero-order valence-electron chi connectivity index (χ0n) is 33.0. The molecule has 47 heavy (non-hydrogen) atoms. The largest absolute Gasteiger partial charge is 0.501 e. The van der Waals surface area contributed by atoms with E-state index >= 15 is 0 Å². The van der Waals surface area contributed by atoms with Crippen LogP contribution in [0.2, 0.25) is 0 Å². The van der Waals surface area contributed by atoms with Gasteiger partial charge in [-0.2, -0.15) is 0 Å². The van der Waals surface area contributed by atoms with E-state index in [1.54, 1.807) is 48.7 Å². The Kier molecular flexibility index (Phi) is 7.17. The molecule has 0 amide bonds. The van der Waals surface area contributed by atoms with Gasteiger partial charge in [0.1, 0.15) is 5.58 Å². The first-order valence-corrected chi connectivity index (χ1v) is 14.7. The molecule has 0 unspecified atom stereocenters. The maximum atomic E-state index is 9.03. The number of para-hydroxylation sites is 1. The molecule has 0 saturated carbocycles. The van der Waals surface area contributed by atoms with Crippen LogP contribution in [0.5, 0.6) is 0 Å². The minimum Gasteiger partial charge on any atom is -0.501 e. The van der Waals surface area contributed by atoms with E-state index in [2.05, 4.69) is 22.1 Å². The van der Waals surface area contributed by atoms with Gasteiger partial charge in [0.15, 0.2) is 0 Å². The quantitative estimate of drug-likeness (QED) is 0.163. The van der Waals surface area contributed by atoms with Crippen molar-refractivity contribution in [2.45, 2.75) is 20.1 Å². The topological polar surface area (TPSA) is 38.9 Å². The first kappa shape index (κ1) is 23.2. The summed E-state index contributed by atoms with van der Waals surface area (Å²) < 4.78 is 70.7. The van der Waals surface area contributed by atoms with Gasteiger partial charge in [0.2, 0.25) is 0 Å². The molecule has 0 bridgehead atoms. The van der Waals surface area contributed by atoms with Gasteiger partial charge in [-0.3, -0.25) is 0 Å². The van der Waals surface area contributed by atoms with E-state index in [4.69, 9.17) is 15.4 Å². The van der Waals surface area contributed by atoms with Gasteiger partial charge >= 0.3 is 0 Å². The number of fused-ring (bicyclic) bond motifs is 3. The van der Waals surface area contributed by atoms with Crippen LogP contribution in [-0.2, 0) is 26.5 Å². The number of hydrogen-bond acceptors (Lipinski definition) is 3. The van der Waals surface area contributed by atoms with Crippen molar-refractivity contribution in [3.8, 4) is 33.6 Å². The van der Waals surface area contributed by atoms with Gasteiger partial charge in [0.25, 0.3) is 0 Å². The van der Waals surface area contributed by atoms with E-state index in [9.17, 15) is 0 Å². The van der Waals surface area contributed by atoms with Crippen LogP contribution in [0.4, 0.5) is 0 Å². The molecule has 0 aliphatic carbocycles. The van der Waals surface area contributed by atoms with Crippen LogP contribution in [0, 0.1) is 25.8 Å². The standard InChI is InChI=1S/C31H22NO.C12H10N.Ir/c1-21-18-28(32-20-27(21)23-12-6-3-7-13-23)25-17-16-24(19-22-10-4-2-5-11-22)30-26-14-8-9-15-29(26)33-31(25)30;1-10-7-8-12(13-9-10)11-5-3-2-4-6-11;/h2-16,18,20H,19H2,1H3;2-5,7-9H,1H3;/q2*-1;/i1D3,19D2;1D3;. The molecule has 3 aromatic heterocycles. The minimum atomic E-state index is -2.37. The van der Waals surface area contributed by atoms with Crippen LogP contribution in [-0.4, -0.2) is 9.97 Å². The smallest absolute Gasteiger partial charge is 0.120 e. The summed E-state index contributed by atoms with van der Waals surface area (Å²) in [6.45, 7) is -4.47. The van der Waals surface area contributed by atoms with Crippen molar-refractivity contribution in [2.24, 2.45) is 0 Å². The van der Waals surface area contributed by atoms with Crippen molar-refractivity contribution in [3.05, 3.63) is 180 Å². The maximum Gasteiger partial charge on any atom is 0.120 e. The second kappa shape index (κ2) is 14.5. The predicted octanol–water partition coefficient (Wildman–Crippen LogP) is 10.9. The van der Waals surface area contributed by atoms with Gasteiger partial charge in [-0.1, -0.05) is 114 Å². The third-order valence-corrected chi connectivity index (χ3v) is 7.50. The molecule has 0 N–H and O–H groups in total. The third kappa shape index (κ3) is 7.00. The summed E-state index contributed by atoms with van der Waals surface area (Å²) in [5.41, 5.74) is 6.16. The summed E-state index contributed by atoms with van der Waals surface area (Å²) in [5, 5.41) is 1.39. The number of hydrogen-bond donors (Lipinski definition) is 0. The summed E-state index contributed by atoms with van der Waals surface area (Å²) in [7, 11) is 0. The Hall–Kier alpha value is -5.15. The normalized spacial score (nSPS) is 14.0. The molecule has 231 valence electrons. The fraction of sp³-hybridized carbons (Fsp3) is 0.0698. The zero-order valence-corrected chi connectivity index (χ0v) is 27.4. The van der Waals surface area contributed by atoms with E-state index in [0.29, 0.717) is 44.5 Å². The molecule has 4 heteroatoms. The number of benzene rings is 5. The number of nitrogens with zero attached hydrogens (tertiary/aromatic N) is 2. The Labute approximate surface area is 300 Å². The van der Waals surface area contributed by atoms with Crippen LogP contribution >= 0.6 is 0 Å². The van der Waals surface area contributed by atoms with Gasteiger partial charge in [0, 0.05) is 54.4 Å². The van der Waals surface area contributed by atoms with Crippen molar-refractivity contribution in [1.82, 2.24) is 9.97 Å². The molecule has 1 radical (unpaired) electrons. The summed E-state index contributed by atoms with van der Waals surface area (Å²) in [6.07, 6.45) is 1.14. The first-order valence-electron chi connectivity index (χ1n) is 18.7. The van der Waals surface area contributed by atoms with Gasteiger partial charge in [-0.15, -0.1) is 53.6 Å². The molecule has 0 saturated heterocycles. The molecule has 0 aliphatic heterocycles. The molecule has 8 aromatic rings. The van der Waals surface area contributed by atoms with Crippen LogP contribution in [0.1, 0.15) is 33.2 Å². The van der Waals surface area contributed by atoms with Crippen LogP contribution in [0.3, 0.4) is 0 Å². The minimum absolute atomic E-state index is 0.